The average Bonchev–Trinajstić information content (AvgIpc) is 2.75. The summed E-state index contributed by atoms with van der Waals surface area (Å²) in [6.45, 7) is 5.15. The lowest BCUT2D eigenvalue weighted by Crippen LogP contribution is -2.50. The average molecular weight is 351 g/mol. The minimum absolute atomic E-state index is 0.140. The maximum absolute atomic E-state index is 12.7. The molecule has 0 atom stereocenters. The third-order valence-corrected chi connectivity index (χ3v) is 5.27. The Hall–Kier alpha value is -2.47. The molecule has 2 saturated heterocycles. The van der Waals surface area contributed by atoms with Crippen LogP contribution in [0, 0.1) is 5.92 Å². The molecule has 26 heavy (non-hydrogen) atoms. The fourth-order valence-corrected chi connectivity index (χ4v) is 3.74. The molecule has 1 N–H and O–H groups in total. The number of nitrogens with zero attached hydrogens (tertiary/aromatic N) is 4. The number of nitrogens with one attached hydrogen (secondary N) is 1. The molecule has 2 aliphatic heterocycles. The minimum Gasteiger partial charge on any atom is -0.341 e. The number of aromatic nitrogens is 2. The topological polar surface area (TPSA) is 61.4 Å². The van der Waals surface area contributed by atoms with E-state index in [-0.39, 0.29) is 5.92 Å². The van der Waals surface area contributed by atoms with Crippen LogP contribution in [0.2, 0.25) is 0 Å². The molecule has 0 unspecified atom stereocenters. The molecule has 1 aromatic carbocycles. The van der Waals surface area contributed by atoms with Gasteiger partial charge in [0.15, 0.2) is 0 Å². The van der Waals surface area contributed by atoms with Crippen LogP contribution in [0.3, 0.4) is 0 Å². The minimum atomic E-state index is 0.140. The maximum atomic E-state index is 12.7. The molecule has 1 amide bonds. The van der Waals surface area contributed by atoms with Crippen LogP contribution < -0.4 is 10.2 Å². The third-order valence-electron chi connectivity index (χ3n) is 5.27. The van der Waals surface area contributed by atoms with Gasteiger partial charge in [0, 0.05) is 56.9 Å². The van der Waals surface area contributed by atoms with Gasteiger partial charge in [-0.2, -0.15) is 0 Å². The quantitative estimate of drug-likeness (QED) is 0.914. The zero-order valence-corrected chi connectivity index (χ0v) is 15.0. The zero-order chi connectivity index (χ0) is 17.8. The first-order valence-corrected chi connectivity index (χ1v) is 9.44. The summed E-state index contributed by atoms with van der Waals surface area (Å²) in [4.78, 5) is 26.1. The fourth-order valence-electron chi connectivity index (χ4n) is 3.74. The molecule has 6 nitrogen and oxygen atoms in total. The molecule has 0 spiro atoms. The zero-order valence-electron chi connectivity index (χ0n) is 15.0. The van der Waals surface area contributed by atoms with Gasteiger partial charge in [-0.15, -0.1) is 0 Å². The number of hydrogen-bond acceptors (Lipinski definition) is 5. The van der Waals surface area contributed by atoms with Crippen LogP contribution in [0.15, 0.2) is 42.6 Å². The molecule has 3 heterocycles. The second-order valence-corrected chi connectivity index (χ2v) is 6.94. The lowest BCUT2D eigenvalue weighted by atomic mass is 9.95. The Morgan fingerprint density at radius 2 is 1.73 bits per heavy atom. The number of hydrogen-bond donors (Lipinski definition) is 1. The van der Waals surface area contributed by atoms with Crippen LogP contribution in [0.1, 0.15) is 12.8 Å². The van der Waals surface area contributed by atoms with Crippen molar-refractivity contribution in [3.63, 3.8) is 0 Å². The van der Waals surface area contributed by atoms with Gasteiger partial charge in [-0.05, 0) is 18.9 Å². The number of amides is 1. The second-order valence-electron chi connectivity index (χ2n) is 6.94. The van der Waals surface area contributed by atoms with Gasteiger partial charge in [0.2, 0.25) is 11.9 Å². The van der Waals surface area contributed by atoms with Crippen LogP contribution in [0.4, 0.5) is 5.95 Å². The monoisotopic (exact) mass is 351 g/mol. The van der Waals surface area contributed by atoms with Gasteiger partial charge in [-0.1, -0.05) is 30.3 Å². The molecule has 136 valence electrons. The van der Waals surface area contributed by atoms with E-state index in [9.17, 15) is 4.79 Å². The highest BCUT2D eigenvalue weighted by Gasteiger charge is 2.29. The molecular weight excluding hydrogens is 326 g/mol. The molecule has 0 saturated carbocycles. The highest BCUT2D eigenvalue weighted by molar-refractivity contribution is 5.79. The number of benzene rings is 1. The molecule has 0 bridgehead atoms. The Morgan fingerprint density at radius 1 is 1.00 bits per heavy atom. The van der Waals surface area contributed by atoms with E-state index in [0.717, 1.165) is 69.3 Å². The Bertz CT molecular complexity index is 737. The highest BCUT2D eigenvalue weighted by Crippen LogP contribution is 2.24. The van der Waals surface area contributed by atoms with Gasteiger partial charge >= 0.3 is 0 Å². The number of carbonyl (C=O) groups is 1. The molecule has 0 aliphatic carbocycles. The predicted molar refractivity (Wildman–Crippen MR) is 102 cm³/mol. The van der Waals surface area contributed by atoms with E-state index in [4.69, 9.17) is 4.98 Å². The maximum Gasteiger partial charge on any atom is 0.225 e. The molecule has 0 radical (unpaired) electrons. The standard InChI is InChI=1S/C20H25N5O/c26-19(24-14-10-21-11-15-24)17-7-12-25(13-8-17)20-22-9-6-18(23-20)16-4-2-1-3-5-16/h1-6,9,17,21H,7-8,10-15H2. The van der Waals surface area contributed by atoms with Crippen molar-refractivity contribution in [3.8, 4) is 11.3 Å². The summed E-state index contributed by atoms with van der Waals surface area (Å²) in [5.74, 6) is 1.23. The van der Waals surface area contributed by atoms with Crippen LogP contribution in [-0.4, -0.2) is 60.0 Å². The first kappa shape index (κ1) is 17.0. The summed E-state index contributed by atoms with van der Waals surface area (Å²) >= 11 is 0. The summed E-state index contributed by atoms with van der Waals surface area (Å²) in [6.07, 6.45) is 3.58. The summed E-state index contributed by atoms with van der Waals surface area (Å²) < 4.78 is 0. The van der Waals surface area contributed by atoms with Crippen molar-refractivity contribution in [2.45, 2.75) is 12.8 Å². The third kappa shape index (κ3) is 3.70. The molecule has 2 aromatic rings. The Labute approximate surface area is 154 Å². The smallest absolute Gasteiger partial charge is 0.225 e. The van der Waals surface area contributed by atoms with Crippen LogP contribution in [0.5, 0.6) is 0 Å². The summed E-state index contributed by atoms with van der Waals surface area (Å²) in [7, 11) is 0. The van der Waals surface area contributed by atoms with E-state index in [1.54, 1.807) is 0 Å². The lowest BCUT2D eigenvalue weighted by Gasteiger charge is -2.35. The van der Waals surface area contributed by atoms with E-state index in [1.807, 2.05) is 35.4 Å². The van der Waals surface area contributed by atoms with Crippen molar-refractivity contribution in [2.75, 3.05) is 44.2 Å². The van der Waals surface area contributed by atoms with E-state index < -0.39 is 0 Å². The van der Waals surface area contributed by atoms with Crippen molar-refractivity contribution in [1.82, 2.24) is 20.2 Å². The summed E-state index contributed by atoms with van der Waals surface area (Å²) in [5.41, 5.74) is 2.04. The van der Waals surface area contributed by atoms with E-state index in [1.165, 1.54) is 0 Å². The normalized spacial score (nSPS) is 18.8. The van der Waals surface area contributed by atoms with Crippen molar-refractivity contribution < 1.29 is 4.79 Å². The number of anilines is 1. The van der Waals surface area contributed by atoms with Crippen LogP contribution in [-0.2, 0) is 4.79 Å². The van der Waals surface area contributed by atoms with Crippen molar-refractivity contribution in [2.24, 2.45) is 5.92 Å². The first-order chi connectivity index (χ1) is 12.8. The molecule has 1 aromatic heterocycles. The van der Waals surface area contributed by atoms with Crippen molar-refractivity contribution >= 4 is 11.9 Å². The Balaban J connectivity index is 1.39. The van der Waals surface area contributed by atoms with Gasteiger partial charge in [-0.3, -0.25) is 4.79 Å². The number of piperidine rings is 1. The van der Waals surface area contributed by atoms with E-state index in [0.29, 0.717) is 5.91 Å². The Kier molecular flexibility index (Phi) is 5.11. The number of piperazine rings is 1. The summed E-state index contributed by atoms with van der Waals surface area (Å²) in [6, 6.07) is 12.1. The molecule has 6 heteroatoms. The van der Waals surface area contributed by atoms with E-state index in [2.05, 4.69) is 27.3 Å². The largest absolute Gasteiger partial charge is 0.341 e. The van der Waals surface area contributed by atoms with Gasteiger partial charge in [0.05, 0.1) is 5.69 Å². The van der Waals surface area contributed by atoms with Crippen molar-refractivity contribution in [3.05, 3.63) is 42.6 Å². The van der Waals surface area contributed by atoms with Gasteiger partial charge < -0.3 is 15.1 Å². The molecular formula is C20H25N5O. The van der Waals surface area contributed by atoms with Crippen LogP contribution in [0.25, 0.3) is 11.3 Å². The number of carbonyl (C=O) groups excluding carboxylic acids is 1. The van der Waals surface area contributed by atoms with Crippen molar-refractivity contribution in [1.29, 1.82) is 0 Å². The summed E-state index contributed by atoms with van der Waals surface area (Å²) in [5, 5.41) is 3.30. The predicted octanol–water partition coefficient (Wildman–Crippen LogP) is 1.79. The van der Waals surface area contributed by atoms with Gasteiger partial charge in [-0.25, -0.2) is 9.97 Å². The highest BCUT2D eigenvalue weighted by atomic mass is 16.2. The lowest BCUT2D eigenvalue weighted by molar-refractivity contribution is -0.136. The molecule has 2 fully saturated rings. The van der Waals surface area contributed by atoms with Gasteiger partial charge in [0.1, 0.15) is 0 Å². The number of rotatable bonds is 3. The van der Waals surface area contributed by atoms with Crippen LogP contribution >= 0.6 is 0 Å². The first-order valence-electron chi connectivity index (χ1n) is 9.44. The SMILES string of the molecule is O=C(C1CCN(c2nccc(-c3ccccc3)n2)CC1)N1CCNCC1. The second kappa shape index (κ2) is 7.83. The van der Waals surface area contributed by atoms with Gasteiger partial charge in [0.25, 0.3) is 0 Å². The Morgan fingerprint density at radius 3 is 2.46 bits per heavy atom. The molecule has 4 rings (SSSR count). The van der Waals surface area contributed by atoms with E-state index >= 15 is 0 Å². The molecule has 2 aliphatic rings. The fraction of sp³-hybridized carbons (Fsp3) is 0.450.